The van der Waals surface area contributed by atoms with E-state index in [0.29, 0.717) is 0 Å². The smallest absolute Gasteiger partial charge is 0.407 e. The number of carbonyl (C=O) groups is 1. The van der Waals surface area contributed by atoms with Gasteiger partial charge in [-0.1, -0.05) is 24.3 Å². The van der Waals surface area contributed by atoms with Crippen molar-refractivity contribution in [2.75, 3.05) is 13.1 Å². The second-order valence-corrected chi connectivity index (χ2v) is 6.79. The monoisotopic (exact) mass is 290 g/mol. The van der Waals surface area contributed by atoms with Crippen molar-refractivity contribution >= 4 is 6.09 Å². The van der Waals surface area contributed by atoms with Crippen LogP contribution in [-0.2, 0) is 11.3 Å². The summed E-state index contributed by atoms with van der Waals surface area (Å²) in [5, 5.41) is 2.96. The quantitative estimate of drug-likeness (QED) is 0.930. The molecule has 1 amide bonds. The van der Waals surface area contributed by atoms with Crippen LogP contribution in [0, 0.1) is 6.92 Å². The van der Waals surface area contributed by atoms with E-state index in [9.17, 15) is 4.79 Å². The van der Waals surface area contributed by atoms with Gasteiger partial charge in [-0.3, -0.25) is 4.90 Å². The zero-order valence-corrected chi connectivity index (χ0v) is 13.5. The van der Waals surface area contributed by atoms with E-state index in [4.69, 9.17) is 4.74 Å². The number of benzene rings is 1. The molecular weight excluding hydrogens is 264 g/mol. The van der Waals surface area contributed by atoms with Crippen molar-refractivity contribution in [3.63, 3.8) is 0 Å². The molecule has 21 heavy (non-hydrogen) atoms. The van der Waals surface area contributed by atoms with Gasteiger partial charge in [0.2, 0.25) is 0 Å². The third kappa shape index (κ3) is 5.05. The highest BCUT2D eigenvalue weighted by Gasteiger charge is 2.26. The van der Waals surface area contributed by atoms with Crippen LogP contribution in [0.2, 0.25) is 0 Å². The molecule has 0 saturated carbocycles. The molecule has 1 unspecified atom stereocenters. The number of hydrogen-bond acceptors (Lipinski definition) is 3. The van der Waals surface area contributed by atoms with Crippen molar-refractivity contribution in [2.45, 2.75) is 52.3 Å². The molecule has 0 radical (unpaired) electrons. The second-order valence-electron chi connectivity index (χ2n) is 6.79. The molecule has 0 aliphatic carbocycles. The number of aryl methyl sites for hydroxylation is 1. The summed E-state index contributed by atoms with van der Waals surface area (Å²) in [5.41, 5.74) is 2.24. The molecule has 0 bridgehead atoms. The highest BCUT2D eigenvalue weighted by molar-refractivity contribution is 5.68. The first-order valence-corrected chi connectivity index (χ1v) is 7.60. The van der Waals surface area contributed by atoms with Crippen LogP contribution in [0.1, 0.15) is 38.3 Å². The Labute approximate surface area is 127 Å². The highest BCUT2D eigenvalue weighted by atomic mass is 16.6. The Kier molecular flexibility index (Phi) is 4.88. The molecule has 1 heterocycles. The summed E-state index contributed by atoms with van der Waals surface area (Å²) in [4.78, 5) is 14.2. The largest absolute Gasteiger partial charge is 0.444 e. The SMILES string of the molecule is Cc1ccccc1CN1CCC(NC(=O)OC(C)(C)C)C1. The van der Waals surface area contributed by atoms with Gasteiger partial charge >= 0.3 is 6.09 Å². The number of ether oxygens (including phenoxy) is 1. The fourth-order valence-electron chi connectivity index (χ4n) is 2.60. The number of alkyl carbamates (subject to hydrolysis) is 1. The molecule has 0 spiro atoms. The molecule has 4 heteroatoms. The van der Waals surface area contributed by atoms with Crippen molar-refractivity contribution in [1.29, 1.82) is 0 Å². The van der Waals surface area contributed by atoms with Crippen LogP contribution in [0.3, 0.4) is 0 Å². The lowest BCUT2D eigenvalue weighted by molar-refractivity contribution is 0.0506. The summed E-state index contributed by atoms with van der Waals surface area (Å²) in [6.07, 6.45) is 0.663. The lowest BCUT2D eigenvalue weighted by Crippen LogP contribution is -2.40. The Balaban J connectivity index is 1.81. The molecule has 1 aliphatic rings. The Morgan fingerprint density at radius 1 is 1.38 bits per heavy atom. The number of amides is 1. The molecule has 4 nitrogen and oxygen atoms in total. The van der Waals surface area contributed by atoms with Crippen LogP contribution < -0.4 is 5.32 Å². The Morgan fingerprint density at radius 3 is 2.76 bits per heavy atom. The van der Waals surface area contributed by atoms with Crippen LogP contribution in [0.4, 0.5) is 4.79 Å². The maximum atomic E-state index is 11.8. The molecule has 116 valence electrons. The Bertz CT molecular complexity index is 494. The van der Waals surface area contributed by atoms with Crippen LogP contribution in [0.5, 0.6) is 0 Å². The molecular formula is C17H26N2O2. The van der Waals surface area contributed by atoms with Crippen LogP contribution in [0.25, 0.3) is 0 Å². The second kappa shape index (κ2) is 6.48. The fourth-order valence-corrected chi connectivity index (χ4v) is 2.60. The first kappa shape index (κ1) is 15.8. The Hall–Kier alpha value is -1.55. The molecule has 1 atom stereocenters. The molecule has 1 saturated heterocycles. The van der Waals surface area contributed by atoms with Gasteiger partial charge in [0, 0.05) is 25.7 Å². The van der Waals surface area contributed by atoms with E-state index < -0.39 is 5.60 Å². The van der Waals surface area contributed by atoms with E-state index in [1.807, 2.05) is 20.8 Å². The maximum absolute atomic E-state index is 11.8. The third-order valence-electron chi connectivity index (χ3n) is 3.65. The van der Waals surface area contributed by atoms with Gasteiger partial charge in [-0.25, -0.2) is 4.79 Å². The average molecular weight is 290 g/mol. The molecule has 1 aromatic carbocycles. The first-order chi connectivity index (χ1) is 9.83. The maximum Gasteiger partial charge on any atom is 0.407 e. The summed E-state index contributed by atoms with van der Waals surface area (Å²) in [5.74, 6) is 0. The van der Waals surface area contributed by atoms with E-state index in [2.05, 4.69) is 41.4 Å². The molecule has 0 aromatic heterocycles. The molecule has 1 aromatic rings. The molecule has 1 N–H and O–H groups in total. The van der Waals surface area contributed by atoms with E-state index in [1.54, 1.807) is 0 Å². The van der Waals surface area contributed by atoms with Crippen molar-refractivity contribution in [3.05, 3.63) is 35.4 Å². The van der Waals surface area contributed by atoms with Crippen LogP contribution in [0.15, 0.2) is 24.3 Å². The van der Waals surface area contributed by atoms with E-state index in [-0.39, 0.29) is 12.1 Å². The number of nitrogens with one attached hydrogen (secondary N) is 1. The van der Waals surface area contributed by atoms with Crippen molar-refractivity contribution in [1.82, 2.24) is 10.2 Å². The third-order valence-corrected chi connectivity index (χ3v) is 3.65. The van der Waals surface area contributed by atoms with Gasteiger partial charge in [-0.15, -0.1) is 0 Å². The van der Waals surface area contributed by atoms with Crippen LogP contribution in [-0.4, -0.2) is 35.7 Å². The first-order valence-electron chi connectivity index (χ1n) is 7.60. The summed E-state index contributed by atoms with van der Waals surface area (Å²) >= 11 is 0. The summed E-state index contributed by atoms with van der Waals surface area (Å²) in [7, 11) is 0. The minimum absolute atomic E-state index is 0.184. The number of hydrogen-bond donors (Lipinski definition) is 1. The predicted octanol–water partition coefficient (Wildman–Crippen LogP) is 3.09. The molecule has 1 fully saturated rings. The van der Waals surface area contributed by atoms with Gasteiger partial charge in [0.1, 0.15) is 5.60 Å². The average Bonchev–Trinajstić information content (AvgIpc) is 2.77. The van der Waals surface area contributed by atoms with Crippen LogP contribution >= 0.6 is 0 Å². The summed E-state index contributed by atoms with van der Waals surface area (Å²) in [6.45, 7) is 10.6. The number of carbonyl (C=O) groups excluding carboxylic acids is 1. The van der Waals surface area contributed by atoms with Gasteiger partial charge < -0.3 is 10.1 Å². The van der Waals surface area contributed by atoms with Crippen molar-refractivity contribution in [2.24, 2.45) is 0 Å². The topological polar surface area (TPSA) is 41.6 Å². The number of nitrogens with zero attached hydrogens (tertiary/aromatic N) is 1. The van der Waals surface area contributed by atoms with E-state index in [0.717, 1.165) is 26.1 Å². The number of likely N-dealkylation sites (tertiary alicyclic amines) is 1. The van der Waals surface area contributed by atoms with E-state index >= 15 is 0 Å². The summed E-state index contributed by atoms with van der Waals surface area (Å²) < 4.78 is 5.30. The zero-order valence-electron chi connectivity index (χ0n) is 13.5. The van der Waals surface area contributed by atoms with E-state index in [1.165, 1.54) is 11.1 Å². The molecule has 1 aliphatic heterocycles. The zero-order chi connectivity index (χ0) is 15.5. The van der Waals surface area contributed by atoms with Gasteiger partial charge in [-0.2, -0.15) is 0 Å². The highest BCUT2D eigenvalue weighted by Crippen LogP contribution is 2.16. The lowest BCUT2D eigenvalue weighted by Gasteiger charge is -2.22. The van der Waals surface area contributed by atoms with Crippen molar-refractivity contribution < 1.29 is 9.53 Å². The van der Waals surface area contributed by atoms with Crippen molar-refractivity contribution in [3.8, 4) is 0 Å². The standard InChI is InChI=1S/C17H26N2O2/c1-13-7-5-6-8-14(13)11-19-10-9-15(12-19)18-16(20)21-17(2,3)4/h5-8,15H,9-12H2,1-4H3,(H,18,20). The lowest BCUT2D eigenvalue weighted by atomic mass is 10.1. The minimum atomic E-state index is -0.441. The van der Waals surface area contributed by atoms with Gasteiger partial charge in [-0.05, 0) is 45.2 Å². The van der Waals surface area contributed by atoms with Gasteiger partial charge in [0.05, 0.1) is 0 Å². The summed E-state index contributed by atoms with van der Waals surface area (Å²) in [6, 6.07) is 8.64. The van der Waals surface area contributed by atoms with Gasteiger partial charge in [0.25, 0.3) is 0 Å². The molecule has 2 rings (SSSR count). The normalized spacial score (nSPS) is 19.5. The Morgan fingerprint density at radius 2 is 2.10 bits per heavy atom. The predicted molar refractivity (Wildman–Crippen MR) is 84.2 cm³/mol. The number of rotatable bonds is 3. The van der Waals surface area contributed by atoms with Gasteiger partial charge in [0.15, 0.2) is 0 Å². The fraction of sp³-hybridized carbons (Fsp3) is 0.588. The minimum Gasteiger partial charge on any atom is -0.444 e.